The third-order valence-electron chi connectivity index (χ3n) is 3.87. The molecule has 2 aromatic heterocycles. The molecule has 2 aromatic rings. The molecule has 130 valence electrons. The minimum absolute atomic E-state index is 0.0981. The number of hydrogen-bond donors (Lipinski definition) is 1. The normalized spacial score (nSPS) is 18.7. The van der Waals surface area contributed by atoms with Gasteiger partial charge in [-0.05, 0) is 18.9 Å². The number of piperidine rings is 1. The number of alkyl halides is 3. The second-order valence-electron chi connectivity index (χ2n) is 5.67. The zero-order valence-corrected chi connectivity index (χ0v) is 12.9. The molecule has 7 nitrogen and oxygen atoms in total. The summed E-state index contributed by atoms with van der Waals surface area (Å²) in [5.74, 6) is 0.0981. The van der Waals surface area contributed by atoms with E-state index in [-0.39, 0.29) is 5.92 Å². The summed E-state index contributed by atoms with van der Waals surface area (Å²) in [6, 6.07) is 0.897. The fourth-order valence-corrected chi connectivity index (χ4v) is 2.69. The Morgan fingerprint density at radius 2 is 2.25 bits per heavy atom. The molecule has 1 N–H and O–H groups in total. The van der Waals surface area contributed by atoms with Crippen LogP contribution in [-0.2, 0) is 13.2 Å². The van der Waals surface area contributed by atoms with Crippen LogP contribution in [0.4, 0.5) is 24.0 Å². The van der Waals surface area contributed by atoms with Crippen LogP contribution in [0.25, 0.3) is 0 Å². The summed E-state index contributed by atoms with van der Waals surface area (Å²) in [4.78, 5) is 17.0. The molecule has 10 heteroatoms. The van der Waals surface area contributed by atoms with E-state index < -0.39 is 23.9 Å². The number of nitrogens with one attached hydrogen (secondary N) is 1. The molecule has 1 atom stereocenters. The van der Waals surface area contributed by atoms with Crippen LogP contribution in [-0.4, -0.2) is 38.8 Å². The Morgan fingerprint density at radius 1 is 1.46 bits per heavy atom. The van der Waals surface area contributed by atoms with Crippen LogP contribution >= 0.6 is 0 Å². The highest BCUT2D eigenvalue weighted by Gasteiger charge is 2.35. The number of hydrogen-bond acceptors (Lipinski definition) is 4. The van der Waals surface area contributed by atoms with Crippen LogP contribution in [0.15, 0.2) is 22.9 Å². The van der Waals surface area contributed by atoms with Gasteiger partial charge in [0.1, 0.15) is 6.26 Å². The topological polar surface area (TPSA) is 76.2 Å². The molecule has 1 unspecified atom stereocenters. The lowest BCUT2D eigenvalue weighted by molar-refractivity contribution is -0.141. The van der Waals surface area contributed by atoms with Gasteiger partial charge in [-0.2, -0.15) is 23.3 Å². The van der Waals surface area contributed by atoms with Gasteiger partial charge < -0.3 is 9.32 Å². The number of nitrogens with zero attached hydrogens (tertiary/aromatic N) is 4. The lowest BCUT2D eigenvalue weighted by Crippen LogP contribution is -2.41. The average molecular weight is 343 g/mol. The maximum Gasteiger partial charge on any atom is 0.436 e. The van der Waals surface area contributed by atoms with Gasteiger partial charge in [0, 0.05) is 32.3 Å². The summed E-state index contributed by atoms with van der Waals surface area (Å²) < 4.78 is 43.8. The summed E-state index contributed by atoms with van der Waals surface area (Å²) in [5, 5.41) is 6.61. The Kier molecular flexibility index (Phi) is 4.20. The molecule has 0 radical (unpaired) electrons. The van der Waals surface area contributed by atoms with E-state index in [2.05, 4.69) is 19.8 Å². The first-order chi connectivity index (χ1) is 11.3. The van der Waals surface area contributed by atoms with Gasteiger partial charge in [-0.1, -0.05) is 0 Å². The van der Waals surface area contributed by atoms with Crippen LogP contribution in [0.2, 0.25) is 0 Å². The zero-order chi connectivity index (χ0) is 17.3. The highest BCUT2D eigenvalue weighted by molar-refractivity contribution is 5.87. The molecule has 1 fully saturated rings. The van der Waals surface area contributed by atoms with Crippen molar-refractivity contribution in [2.45, 2.75) is 24.9 Å². The minimum Gasteiger partial charge on any atom is -0.431 e. The molecule has 0 saturated carbocycles. The number of aryl methyl sites for hydroxylation is 1. The highest BCUT2D eigenvalue weighted by atomic mass is 19.4. The quantitative estimate of drug-likeness (QED) is 0.910. The van der Waals surface area contributed by atoms with E-state index in [1.165, 1.54) is 4.90 Å². The van der Waals surface area contributed by atoms with Gasteiger partial charge in [0.15, 0.2) is 5.69 Å². The molecule has 0 aromatic carbocycles. The lowest BCUT2D eigenvalue weighted by atomic mass is 9.95. The first-order valence-corrected chi connectivity index (χ1v) is 7.41. The molecule has 2 amide bonds. The van der Waals surface area contributed by atoms with Crippen LogP contribution in [0.1, 0.15) is 30.1 Å². The Labute approximate surface area is 135 Å². The van der Waals surface area contributed by atoms with Crippen LogP contribution < -0.4 is 5.32 Å². The number of carbonyl (C=O) groups excluding carboxylic acids is 1. The summed E-state index contributed by atoms with van der Waals surface area (Å²) in [6.45, 7) is 0.956. The largest absolute Gasteiger partial charge is 0.436 e. The van der Waals surface area contributed by atoms with E-state index in [1.807, 2.05) is 19.3 Å². The van der Waals surface area contributed by atoms with Crippen molar-refractivity contribution >= 4 is 12.0 Å². The SMILES string of the molecule is Cn1ccc(C2CCCN(C(=O)Nc3nc(C(F)(F)F)co3)C2)n1. The van der Waals surface area contributed by atoms with Gasteiger partial charge in [-0.25, -0.2) is 4.79 Å². The fraction of sp³-hybridized carbons (Fsp3) is 0.500. The average Bonchev–Trinajstić information content (AvgIpc) is 3.16. The van der Waals surface area contributed by atoms with Crippen LogP contribution in [0, 0.1) is 0 Å². The van der Waals surface area contributed by atoms with Crippen molar-refractivity contribution in [1.82, 2.24) is 19.7 Å². The number of anilines is 1. The maximum atomic E-state index is 12.5. The molecule has 24 heavy (non-hydrogen) atoms. The summed E-state index contributed by atoms with van der Waals surface area (Å²) in [6.07, 6.45) is -0.615. The fourth-order valence-electron chi connectivity index (χ4n) is 2.69. The number of aromatic nitrogens is 3. The minimum atomic E-state index is -4.61. The van der Waals surface area contributed by atoms with E-state index in [1.54, 1.807) is 4.68 Å². The maximum absolute atomic E-state index is 12.5. The first kappa shape index (κ1) is 16.3. The van der Waals surface area contributed by atoms with Gasteiger partial charge in [-0.3, -0.25) is 10.00 Å². The van der Waals surface area contributed by atoms with E-state index in [0.29, 0.717) is 19.4 Å². The molecule has 3 heterocycles. The van der Waals surface area contributed by atoms with Crippen molar-refractivity contribution in [3.05, 3.63) is 29.9 Å². The second-order valence-corrected chi connectivity index (χ2v) is 5.67. The van der Waals surface area contributed by atoms with E-state index in [9.17, 15) is 18.0 Å². The van der Waals surface area contributed by atoms with Crippen molar-refractivity contribution in [3.63, 3.8) is 0 Å². The van der Waals surface area contributed by atoms with Crippen LogP contribution in [0.3, 0.4) is 0 Å². The number of oxazole rings is 1. The number of carbonyl (C=O) groups is 1. The molecule has 0 bridgehead atoms. The lowest BCUT2D eigenvalue weighted by Gasteiger charge is -2.31. The first-order valence-electron chi connectivity index (χ1n) is 7.41. The molecular weight excluding hydrogens is 327 g/mol. The molecule has 1 saturated heterocycles. The Hall–Kier alpha value is -2.52. The molecular formula is C14H16F3N5O2. The van der Waals surface area contributed by atoms with Crippen molar-refractivity contribution in [2.24, 2.45) is 7.05 Å². The second kappa shape index (κ2) is 6.17. The standard InChI is InChI=1S/C14H16F3N5O2/c1-21-6-4-10(20-21)9-3-2-5-22(7-9)13(23)19-12-18-11(8-24-12)14(15,16)17/h4,6,8-9H,2-3,5,7H2,1H3,(H,18,19,23). The van der Waals surface area contributed by atoms with Crippen molar-refractivity contribution < 1.29 is 22.4 Å². The predicted molar refractivity (Wildman–Crippen MR) is 77.3 cm³/mol. The third-order valence-corrected chi connectivity index (χ3v) is 3.87. The van der Waals surface area contributed by atoms with Gasteiger partial charge in [0.05, 0.1) is 5.69 Å². The Bertz CT molecular complexity index is 724. The Morgan fingerprint density at radius 3 is 2.88 bits per heavy atom. The van der Waals surface area contributed by atoms with E-state index in [0.717, 1.165) is 18.5 Å². The molecule has 1 aliphatic heterocycles. The van der Waals surface area contributed by atoms with E-state index >= 15 is 0 Å². The van der Waals surface area contributed by atoms with Gasteiger partial charge in [-0.15, -0.1) is 0 Å². The number of rotatable bonds is 2. The zero-order valence-electron chi connectivity index (χ0n) is 12.9. The highest BCUT2D eigenvalue weighted by Crippen LogP contribution is 2.30. The smallest absolute Gasteiger partial charge is 0.431 e. The van der Waals surface area contributed by atoms with Crippen molar-refractivity contribution in [1.29, 1.82) is 0 Å². The molecule has 0 aliphatic carbocycles. The monoisotopic (exact) mass is 343 g/mol. The number of halogens is 3. The summed E-state index contributed by atoms with van der Waals surface area (Å²) in [7, 11) is 1.82. The molecule has 0 spiro atoms. The third kappa shape index (κ3) is 3.52. The molecule has 1 aliphatic rings. The number of likely N-dealkylation sites (tertiary alicyclic amines) is 1. The van der Waals surface area contributed by atoms with Crippen LogP contribution in [0.5, 0.6) is 0 Å². The molecule has 3 rings (SSSR count). The van der Waals surface area contributed by atoms with Gasteiger partial charge in [0.25, 0.3) is 0 Å². The van der Waals surface area contributed by atoms with Gasteiger partial charge >= 0.3 is 18.2 Å². The Balaban J connectivity index is 1.63. The van der Waals surface area contributed by atoms with Crippen molar-refractivity contribution in [3.8, 4) is 0 Å². The predicted octanol–water partition coefficient (Wildman–Crippen LogP) is 2.84. The summed E-state index contributed by atoms with van der Waals surface area (Å²) >= 11 is 0. The van der Waals surface area contributed by atoms with E-state index in [4.69, 9.17) is 0 Å². The number of urea groups is 1. The van der Waals surface area contributed by atoms with Crippen molar-refractivity contribution in [2.75, 3.05) is 18.4 Å². The summed E-state index contributed by atoms with van der Waals surface area (Å²) in [5.41, 5.74) is -0.284. The number of amides is 2. The van der Waals surface area contributed by atoms with Gasteiger partial charge in [0.2, 0.25) is 0 Å².